The van der Waals surface area contributed by atoms with Crippen LogP contribution < -0.4 is 14.8 Å². The van der Waals surface area contributed by atoms with E-state index in [9.17, 15) is 4.79 Å². The summed E-state index contributed by atoms with van der Waals surface area (Å²) in [5, 5.41) is 6.67. The molecule has 3 rings (SSSR count). The molecule has 0 atom stereocenters. The molecule has 0 aliphatic carbocycles. The molecule has 0 aliphatic rings. The third-order valence-electron chi connectivity index (χ3n) is 4.01. The minimum atomic E-state index is -0.284. The van der Waals surface area contributed by atoms with Gasteiger partial charge in [0.05, 0.1) is 20.8 Å². The Morgan fingerprint density at radius 3 is 2.79 bits per heavy atom. The normalized spacial score (nSPS) is 10.8. The molecule has 0 aliphatic heterocycles. The Morgan fingerprint density at radius 2 is 2.04 bits per heavy atom. The van der Waals surface area contributed by atoms with Crippen molar-refractivity contribution in [1.82, 2.24) is 15.5 Å². The average Bonchev–Trinajstić information content (AvgIpc) is 3.19. The van der Waals surface area contributed by atoms with Crippen molar-refractivity contribution >= 4 is 12.0 Å². The first-order valence-electron chi connectivity index (χ1n) is 8.66. The lowest BCUT2D eigenvalue weighted by Crippen LogP contribution is -2.20. The molecular weight excluding hydrogens is 358 g/mol. The second-order valence-corrected chi connectivity index (χ2v) is 6.04. The quantitative estimate of drug-likeness (QED) is 0.633. The van der Waals surface area contributed by atoms with Gasteiger partial charge >= 0.3 is 0 Å². The first-order chi connectivity index (χ1) is 13.6. The van der Waals surface area contributed by atoms with Crippen molar-refractivity contribution in [3.8, 4) is 22.9 Å². The van der Waals surface area contributed by atoms with Crippen LogP contribution in [-0.2, 0) is 11.3 Å². The van der Waals surface area contributed by atoms with Gasteiger partial charge in [0.2, 0.25) is 17.6 Å². The number of rotatable bonds is 7. The number of aromatic nitrogens is 2. The van der Waals surface area contributed by atoms with Gasteiger partial charge in [-0.15, -0.1) is 0 Å². The molecule has 0 radical (unpaired) electrons. The highest BCUT2D eigenvalue weighted by atomic mass is 16.5. The lowest BCUT2D eigenvalue weighted by atomic mass is 10.1. The topological polar surface area (TPSA) is 86.5 Å². The zero-order chi connectivity index (χ0) is 19.9. The van der Waals surface area contributed by atoms with Crippen LogP contribution in [0, 0.1) is 6.92 Å². The molecule has 0 saturated carbocycles. The van der Waals surface area contributed by atoms with Gasteiger partial charge in [-0.3, -0.25) is 4.79 Å². The number of nitrogens with one attached hydrogen (secondary N) is 1. The Labute approximate surface area is 163 Å². The summed E-state index contributed by atoms with van der Waals surface area (Å²) in [5.41, 5.74) is 2.74. The molecule has 0 unspecified atom stereocenters. The zero-order valence-corrected chi connectivity index (χ0v) is 15.9. The van der Waals surface area contributed by atoms with Crippen LogP contribution in [0.2, 0.25) is 0 Å². The monoisotopic (exact) mass is 379 g/mol. The Kier molecular flexibility index (Phi) is 6.06. The minimum Gasteiger partial charge on any atom is -0.497 e. The number of aryl methyl sites for hydroxylation is 1. The van der Waals surface area contributed by atoms with Crippen molar-refractivity contribution in [3.05, 3.63) is 65.6 Å². The van der Waals surface area contributed by atoms with Crippen molar-refractivity contribution in [1.29, 1.82) is 0 Å². The van der Waals surface area contributed by atoms with E-state index >= 15 is 0 Å². The number of benzene rings is 2. The van der Waals surface area contributed by atoms with Gasteiger partial charge in [-0.05, 0) is 31.2 Å². The molecule has 2 aromatic carbocycles. The molecular formula is C21H21N3O4. The van der Waals surface area contributed by atoms with Crippen LogP contribution in [0.5, 0.6) is 11.5 Å². The number of carbonyl (C=O) groups is 1. The van der Waals surface area contributed by atoms with Crippen LogP contribution in [0.3, 0.4) is 0 Å². The Bertz CT molecular complexity index is 995. The maximum Gasteiger partial charge on any atom is 0.246 e. The fourth-order valence-corrected chi connectivity index (χ4v) is 2.57. The molecule has 1 heterocycles. The highest BCUT2D eigenvalue weighted by Crippen LogP contribution is 2.25. The highest BCUT2D eigenvalue weighted by molar-refractivity contribution is 5.92. The summed E-state index contributed by atoms with van der Waals surface area (Å²) in [6.45, 7) is 2.14. The molecule has 7 heteroatoms. The largest absolute Gasteiger partial charge is 0.497 e. The predicted molar refractivity (Wildman–Crippen MR) is 105 cm³/mol. The summed E-state index contributed by atoms with van der Waals surface area (Å²) in [7, 11) is 3.15. The molecule has 0 fully saturated rings. The van der Waals surface area contributed by atoms with E-state index in [-0.39, 0.29) is 12.5 Å². The third kappa shape index (κ3) is 4.76. The van der Waals surface area contributed by atoms with Crippen LogP contribution >= 0.6 is 0 Å². The molecule has 0 bridgehead atoms. The van der Waals surface area contributed by atoms with Gasteiger partial charge < -0.3 is 19.3 Å². The number of hydrogen-bond donors (Lipinski definition) is 1. The van der Waals surface area contributed by atoms with Gasteiger partial charge in [0.15, 0.2) is 0 Å². The number of amides is 1. The van der Waals surface area contributed by atoms with E-state index in [0.717, 1.165) is 16.7 Å². The van der Waals surface area contributed by atoms with E-state index in [0.29, 0.717) is 23.2 Å². The van der Waals surface area contributed by atoms with Gasteiger partial charge in [-0.25, -0.2) is 0 Å². The first-order valence-corrected chi connectivity index (χ1v) is 8.66. The van der Waals surface area contributed by atoms with Crippen LogP contribution in [0.4, 0.5) is 0 Å². The van der Waals surface area contributed by atoms with Crippen molar-refractivity contribution in [2.24, 2.45) is 0 Å². The van der Waals surface area contributed by atoms with Gasteiger partial charge in [0.1, 0.15) is 11.5 Å². The lowest BCUT2D eigenvalue weighted by molar-refractivity contribution is -0.116. The van der Waals surface area contributed by atoms with E-state index in [1.807, 2.05) is 37.3 Å². The number of carbonyl (C=O) groups excluding carboxylic acids is 1. The molecule has 144 valence electrons. The van der Waals surface area contributed by atoms with Crippen LogP contribution in [0.1, 0.15) is 17.0 Å². The average molecular weight is 379 g/mol. The third-order valence-corrected chi connectivity index (χ3v) is 4.01. The Morgan fingerprint density at radius 1 is 1.18 bits per heavy atom. The van der Waals surface area contributed by atoms with Gasteiger partial charge in [0.25, 0.3) is 0 Å². The maximum atomic E-state index is 12.1. The summed E-state index contributed by atoms with van der Waals surface area (Å²) < 4.78 is 15.7. The fraction of sp³-hybridized carbons (Fsp3) is 0.190. The number of methoxy groups -OCH3 is 2. The zero-order valence-electron chi connectivity index (χ0n) is 15.9. The molecule has 1 aromatic heterocycles. The van der Waals surface area contributed by atoms with Crippen molar-refractivity contribution < 1.29 is 18.8 Å². The van der Waals surface area contributed by atoms with E-state index < -0.39 is 0 Å². The summed E-state index contributed by atoms with van der Waals surface area (Å²) in [6, 6.07) is 13.2. The Balaban J connectivity index is 1.60. The van der Waals surface area contributed by atoms with Crippen LogP contribution in [-0.4, -0.2) is 30.3 Å². The summed E-state index contributed by atoms with van der Waals surface area (Å²) in [6.07, 6.45) is 3.09. The van der Waals surface area contributed by atoms with E-state index in [2.05, 4.69) is 15.5 Å². The summed E-state index contributed by atoms with van der Waals surface area (Å²) >= 11 is 0. The number of ether oxygens (including phenoxy) is 2. The van der Waals surface area contributed by atoms with Gasteiger partial charge in [0, 0.05) is 23.3 Å². The molecule has 0 saturated heterocycles. The standard InChI is InChI=1S/C21H21N3O4/c1-14-5-4-6-16(11-14)21-23-20(28-24-21)13-22-19(25)10-8-15-7-9-17(26-2)12-18(15)27-3/h4-12H,13H2,1-3H3,(H,22,25)/b10-8+. The number of hydrogen-bond acceptors (Lipinski definition) is 6. The van der Waals surface area contributed by atoms with E-state index in [4.69, 9.17) is 14.0 Å². The Hall–Kier alpha value is -3.61. The first kappa shape index (κ1) is 19.2. The SMILES string of the molecule is COc1ccc(/C=C/C(=O)NCc2nc(-c3cccc(C)c3)no2)c(OC)c1. The lowest BCUT2D eigenvalue weighted by Gasteiger charge is -2.07. The molecule has 28 heavy (non-hydrogen) atoms. The molecule has 7 nitrogen and oxygen atoms in total. The minimum absolute atomic E-state index is 0.141. The van der Waals surface area contributed by atoms with Crippen LogP contribution in [0.25, 0.3) is 17.5 Å². The second-order valence-electron chi connectivity index (χ2n) is 6.04. The van der Waals surface area contributed by atoms with E-state index in [1.54, 1.807) is 32.4 Å². The molecule has 1 amide bonds. The fourth-order valence-electron chi connectivity index (χ4n) is 2.57. The van der Waals surface area contributed by atoms with Gasteiger partial charge in [-0.1, -0.05) is 28.9 Å². The van der Waals surface area contributed by atoms with Gasteiger partial charge in [-0.2, -0.15) is 4.98 Å². The maximum absolute atomic E-state index is 12.1. The number of nitrogens with zero attached hydrogens (tertiary/aromatic N) is 2. The molecule has 3 aromatic rings. The smallest absolute Gasteiger partial charge is 0.246 e. The van der Waals surface area contributed by atoms with Crippen molar-refractivity contribution in [2.75, 3.05) is 14.2 Å². The highest BCUT2D eigenvalue weighted by Gasteiger charge is 2.09. The molecule has 0 spiro atoms. The second kappa shape index (κ2) is 8.85. The van der Waals surface area contributed by atoms with Crippen molar-refractivity contribution in [3.63, 3.8) is 0 Å². The van der Waals surface area contributed by atoms with E-state index in [1.165, 1.54) is 6.08 Å². The van der Waals surface area contributed by atoms with Crippen LogP contribution in [0.15, 0.2) is 53.1 Å². The van der Waals surface area contributed by atoms with Crippen molar-refractivity contribution in [2.45, 2.75) is 13.5 Å². The summed E-state index contributed by atoms with van der Waals surface area (Å²) in [4.78, 5) is 16.4. The summed E-state index contributed by atoms with van der Waals surface area (Å²) in [5.74, 6) is 1.84. The predicted octanol–water partition coefficient (Wildman–Crippen LogP) is 3.39. The molecule has 1 N–H and O–H groups in total.